The van der Waals surface area contributed by atoms with Crippen molar-refractivity contribution in [1.82, 2.24) is 20.9 Å². The van der Waals surface area contributed by atoms with Crippen molar-refractivity contribution in [1.29, 1.82) is 0 Å². The van der Waals surface area contributed by atoms with E-state index in [4.69, 9.17) is 5.73 Å². The maximum atomic E-state index is 14.0. The number of primary amides is 1. The molecule has 11 heteroatoms. The van der Waals surface area contributed by atoms with Crippen molar-refractivity contribution in [3.05, 3.63) is 0 Å². The number of nitrogens with zero attached hydrogens (tertiary/aromatic N) is 1. The largest absolute Gasteiger partial charge is 0.363 e. The van der Waals surface area contributed by atoms with Crippen LogP contribution in [0, 0.1) is 29.1 Å². The molecule has 0 bridgehead atoms. The third kappa shape index (κ3) is 7.03. The van der Waals surface area contributed by atoms with Gasteiger partial charge in [0.25, 0.3) is 5.91 Å². The average molecular weight is 592 g/mol. The van der Waals surface area contributed by atoms with Crippen LogP contribution < -0.4 is 21.7 Å². The van der Waals surface area contributed by atoms with Crippen LogP contribution in [-0.4, -0.2) is 76.7 Å². The lowest BCUT2D eigenvalue weighted by atomic mass is 9.80. The average Bonchev–Trinajstić information content (AvgIpc) is 3.77. The minimum atomic E-state index is -1.07. The molecule has 0 spiro atoms. The molecule has 0 aromatic rings. The number of Topliss-reactive ketones (excluding diaryl/α,β-unsaturated/α-hetero) is 1. The van der Waals surface area contributed by atoms with E-state index in [0.29, 0.717) is 13.0 Å². The van der Waals surface area contributed by atoms with Crippen molar-refractivity contribution in [3.63, 3.8) is 0 Å². The maximum absolute atomic E-state index is 14.0. The molecule has 4 fully saturated rings. The summed E-state index contributed by atoms with van der Waals surface area (Å²) < 4.78 is 0. The first kappa shape index (κ1) is 31.6. The lowest BCUT2D eigenvalue weighted by Crippen LogP contribution is -2.61. The number of amides is 5. The molecular weight excluding hydrogens is 542 g/mol. The summed E-state index contributed by atoms with van der Waals surface area (Å²) in [7, 11) is 0. The standard InChI is InChI=1S/C30H49N5O5S/c1-17(2)22(33-28(40)34-30(13-14-41-5)11-7-6-8-12-30)27(39)35-16-19-21(29(19,3)4)23(35)26(38)32-20(15-18-9-10-18)24(36)25(31)37/h17-23H,6-16H2,1-5H3,(H2,31,37)(H,32,38)(H2,33,34,40)/t19-,20?,21-,22-,23-/m0/s1. The summed E-state index contributed by atoms with van der Waals surface area (Å²) in [5, 5.41) is 9.00. The minimum Gasteiger partial charge on any atom is -0.363 e. The Hall–Kier alpha value is -2.30. The van der Waals surface area contributed by atoms with Gasteiger partial charge in [-0.15, -0.1) is 0 Å². The molecule has 230 valence electrons. The van der Waals surface area contributed by atoms with E-state index in [2.05, 4.69) is 36.1 Å². The second-order valence-electron chi connectivity index (χ2n) is 13.8. The quantitative estimate of drug-likeness (QED) is 0.242. The number of nitrogens with one attached hydrogen (secondary N) is 3. The van der Waals surface area contributed by atoms with Crippen LogP contribution in [0.1, 0.15) is 85.5 Å². The van der Waals surface area contributed by atoms with Gasteiger partial charge in [0.1, 0.15) is 12.1 Å². The number of carbonyl (C=O) groups is 5. The summed E-state index contributed by atoms with van der Waals surface area (Å²) >= 11 is 1.77. The van der Waals surface area contributed by atoms with E-state index in [-0.39, 0.29) is 46.6 Å². The predicted octanol–water partition coefficient (Wildman–Crippen LogP) is 2.59. The Labute approximate surface area is 248 Å². The predicted molar refractivity (Wildman–Crippen MR) is 159 cm³/mol. The summed E-state index contributed by atoms with van der Waals surface area (Å²) in [5.74, 6) is -1.46. The van der Waals surface area contributed by atoms with Gasteiger partial charge in [0.15, 0.2) is 0 Å². The molecule has 1 aliphatic heterocycles. The van der Waals surface area contributed by atoms with Crippen LogP contribution >= 0.6 is 11.8 Å². The van der Waals surface area contributed by atoms with Gasteiger partial charge in [-0.3, -0.25) is 19.2 Å². The molecule has 0 aromatic carbocycles. The van der Waals surface area contributed by atoms with Gasteiger partial charge >= 0.3 is 6.03 Å². The number of urea groups is 1. The Morgan fingerprint density at radius 3 is 2.24 bits per heavy atom. The molecule has 5 amide bonds. The van der Waals surface area contributed by atoms with Crippen molar-refractivity contribution in [2.24, 2.45) is 34.8 Å². The lowest BCUT2D eigenvalue weighted by Gasteiger charge is -2.39. The summed E-state index contributed by atoms with van der Waals surface area (Å²) in [5.41, 5.74) is 4.90. The summed E-state index contributed by atoms with van der Waals surface area (Å²) in [6, 6.07) is -2.91. The third-order valence-corrected chi connectivity index (χ3v) is 10.7. The monoisotopic (exact) mass is 591 g/mol. The van der Waals surface area contributed by atoms with E-state index in [1.807, 2.05) is 13.8 Å². The first-order valence-electron chi connectivity index (χ1n) is 15.3. The molecule has 0 aromatic heterocycles. The fraction of sp³-hybridized carbons (Fsp3) is 0.833. The zero-order valence-electron chi connectivity index (χ0n) is 25.3. The molecule has 1 heterocycles. The number of rotatable bonds is 13. The van der Waals surface area contributed by atoms with Gasteiger partial charge in [0, 0.05) is 12.1 Å². The number of carbonyl (C=O) groups excluding carboxylic acids is 5. The maximum Gasteiger partial charge on any atom is 0.315 e. The van der Waals surface area contributed by atoms with Crippen LogP contribution in [-0.2, 0) is 19.2 Å². The first-order chi connectivity index (χ1) is 19.3. The highest BCUT2D eigenvalue weighted by molar-refractivity contribution is 7.98. The molecule has 3 aliphatic carbocycles. The highest BCUT2D eigenvalue weighted by Gasteiger charge is 2.69. The topological polar surface area (TPSA) is 151 Å². The first-order valence-corrected chi connectivity index (χ1v) is 16.7. The van der Waals surface area contributed by atoms with Crippen LogP contribution in [0.25, 0.3) is 0 Å². The lowest BCUT2D eigenvalue weighted by molar-refractivity contribution is -0.144. The zero-order valence-corrected chi connectivity index (χ0v) is 26.1. The molecule has 0 radical (unpaired) electrons. The van der Waals surface area contributed by atoms with Crippen LogP contribution in [0.4, 0.5) is 4.79 Å². The van der Waals surface area contributed by atoms with Crippen LogP contribution in [0.5, 0.6) is 0 Å². The molecule has 1 saturated heterocycles. The van der Waals surface area contributed by atoms with Crippen molar-refractivity contribution >= 4 is 41.3 Å². The van der Waals surface area contributed by atoms with Crippen molar-refractivity contribution in [2.45, 2.75) is 109 Å². The van der Waals surface area contributed by atoms with Gasteiger partial charge in [-0.2, -0.15) is 11.8 Å². The van der Waals surface area contributed by atoms with Crippen LogP contribution in [0.2, 0.25) is 0 Å². The second kappa shape index (κ2) is 12.5. The van der Waals surface area contributed by atoms with Gasteiger partial charge in [0.2, 0.25) is 17.6 Å². The number of fused-ring (bicyclic) bond motifs is 1. The van der Waals surface area contributed by atoms with Gasteiger partial charge < -0.3 is 26.6 Å². The number of likely N-dealkylation sites (tertiary alicyclic amines) is 1. The molecule has 1 unspecified atom stereocenters. The molecule has 4 aliphatic rings. The van der Waals surface area contributed by atoms with Gasteiger partial charge in [-0.05, 0) is 66.8 Å². The summed E-state index contributed by atoms with van der Waals surface area (Å²) in [6.07, 6.45) is 10.4. The third-order valence-electron chi connectivity index (χ3n) is 10.1. The molecule has 5 atom stereocenters. The van der Waals surface area contributed by atoms with E-state index in [1.54, 1.807) is 16.7 Å². The van der Waals surface area contributed by atoms with E-state index in [1.165, 1.54) is 6.42 Å². The fourth-order valence-corrected chi connectivity index (χ4v) is 7.83. The number of ketones is 1. The van der Waals surface area contributed by atoms with Crippen LogP contribution in [0.15, 0.2) is 0 Å². The second-order valence-corrected chi connectivity index (χ2v) is 14.7. The number of hydrogen-bond donors (Lipinski definition) is 4. The number of thioether (sulfide) groups is 1. The molecule has 5 N–H and O–H groups in total. The van der Waals surface area contributed by atoms with Gasteiger partial charge in [-0.1, -0.05) is 59.8 Å². The molecule has 3 saturated carbocycles. The van der Waals surface area contributed by atoms with Crippen molar-refractivity contribution < 1.29 is 24.0 Å². The summed E-state index contributed by atoms with van der Waals surface area (Å²) in [6.45, 7) is 8.37. The summed E-state index contributed by atoms with van der Waals surface area (Å²) in [4.78, 5) is 66.9. The Balaban J connectivity index is 1.48. The molecule has 10 nitrogen and oxygen atoms in total. The van der Waals surface area contributed by atoms with Gasteiger partial charge in [0.05, 0.1) is 6.04 Å². The van der Waals surface area contributed by atoms with Crippen LogP contribution in [0.3, 0.4) is 0 Å². The fourth-order valence-electron chi connectivity index (χ4n) is 7.23. The van der Waals surface area contributed by atoms with E-state index in [9.17, 15) is 24.0 Å². The normalized spacial score (nSPS) is 27.4. The number of nitrogens with two attached hydrogens (primary N) is 1. The number of hydrogen-bond acceptors (Lipinski definition) is 6. The van der Waals surface area contributed by atoms with E-state index < -0.39 is 35.7 Å². The Bertz CT molecular complexity index is 1040. The molecule has 41 heavy (non-hydrogen) atoms. The van der Waals surface area contributed by atoms with Crippen molar-refractivity contribution in [3.8, 4) is 0 Å². The van der Waals surface area contributed by atoms with E-state index >= 15 is 0 Å². The Morgan fingerprint density at radius 2 is 1.68 bits per heavy atom. The Kier molecular flexibility index (Phi) is 9.65. The molecular formula is C30H49N5O5S. The number of piperidine rings is 1. The highest BCUT2D eigenvalue weighted by atomic mass is 32.2. The SMILES string of the molecule is CSCCC1(NC(=O)N[C@H](C(=O)N2C[C@H]3[C@@H]([C@H]2C(=O)NC(CC2CC2)C(=O)C(N)=O)C3(C)C)C(C)C)CCCCC1. The van der Waals surface area contributed by atoms with Gasteiger partial charge in [-0.25, -0.2) is 4.79 Å². The Morgan fingerprint density at radius 1 is 1.02 bits per heavy atom. The minimum absolute atomic E-state index is 0.0598. The van der Waals surface area contributed by atoms with E-state index in [0.717, 1.165) is 50.7 Å². The smallest absolute Gasteiger partial charge is 0.315 e. The van der Waals surface area contributed by atoms with Crippen molar-refractivity contribution in [2.75, 3.05) is 18.6 Å². The zero-order chi connectivity index (χ0) is 30.1. The molecule has 4 rings (SSSR count). The highest BCUT2D eigenvalue weighted by Crippen LogP contribution is 2.65.